The Morgan fingerprint density at radius 3 is 2.60 bits per heavy atom. The molecule has 15 heavy (non-hydrogen) atoms. The van der Waals surface area contributed by atoms with Crippen molar-refractivity contribution in [3.63, 3.8) is 0 Å². The van der Waals surface area contributed by atoms with Gasteiger partial charge in [-0.2, -0.15) is 18.4 Å². The first-order valence-electron chi connectivity index (χ1n) is 4.99. The SMILES string of the molecule is CC1CCC(C#N)(CCSC(F)(F)F)C1. The molecule has 1 saturated carbocycles. The number of rotatable bonds is 3. The Balaban J connectivity index is 2.39. The number of hydrogen-bond donors (Lipinski definition) is 0. The molecular formula is C10H14F3NS. The van der Waals surface area contributed by atoms with Gasteiger partial charge in [0.15, 0.2) is 0 Å². The summed E-state index contributed by atoms with van der Waals surface area (Å²) < 4.78 is 35.7. The van der Waals surface area contributed by atoms with Gasteiger partial charge in [-0.05, 0) is 31.6 Å². The molecule has 0 heterocycles. The van der Waals surface area contributed by atoms with E-state index in [0.29, 0.717) is 12.3 Å². The van der Waals surface area contributed by atoms with E-state index in [1.165, 1.54) is 0 Å². The summed E-state index contributed by atoms with van der Waals surface area (Å²) in [6.45, 7) is 2.05. The lowest BCUT2D eigenvalue weighted by Gasteiger charge is -2.20. The van der Waals surface area contributed by atoms with Gasteiger partial charge in [-0.25, -0.2) is 0 Å². The number of hydrogen-bond acceptors (Lipinski definition) is 2. The van der Waals surface area contributed by atoms with Gasteiger partial charge < -0.3 is 0 Å². The van der Waals surface area contributed by atoms with Gasteiger partial charge in [-0.3, -0.25) is 0 Å². The Hall–Kier alpha value is -0.370. The summed E-state index contributed by atoms with van der Waals surface area (Å²) in [5, 5.41) is 9.02. The summed E-state index contributed by atoms with van der Waals surface area (Å²) in [4.78, 5) is 0. The zero-order chi connectivity index (χ0) is 11.5. The molecule has 0 spiro atoms. The van der Waals surface area contributed by atoms with Crippen LogP contribution in [0, 0.1) is 22.7 Å². The highest BCUT2D eigenvalue weighted by atomic mass is 32.2. The summed E-state index contributed by atoms with van der Waals surface area (Å²) in [7, 11) is 0. The van der Waals surface area contributed by atoms with E-state index in [2.05, 4.69) is 13.0 Å². The summed E-state index contributed by atoms with van der Waals surface area (Å²) in [5.74, 6) is 0.476. The standard InChI is InChI=1S/C10H14F3NS/c1-8-2-3-9(6-8,7-14)4-5-15-10(11,12)13/h8H,2-6H2,1H3. The summed E-state index contributed by atoms with van der Waals surface area (Å²) in [6.07, 6.45) is 2.83. The minimum absolute atomic E-state index is 0.00375. The average Bonchev–Trinajstić information content (AvgIpc) is 2.46. The maximum atomic E-state index is 11.9. The maximum Gasteiger partial charge on any atom is 0.441 e. The molecule has 0 aromatic carbocycles. The fourth-order valence-corrected chi connectivity index (χ4v) is 2.86. The Morgan fingerprint density at radius 2 is 2.20 bits per heavy atom. The van der Waals surface area contributed by atoms with Crippen molar-refractivity contribution >= 4 is 11.8 Å². The Bertz CT molecular complexity index is 258. The van der Waals surface area contributed by atoms with E-state index in [1.807, 2.05) is 0 Å². The van der Waals surface area contributed by atoms with Crippen LogP contribution in [0.25, 0.3) is 0 Å². The van der Waals surface area contributed by atoms with Crippen LogP contribution in [0.5, 0.6) is 0 Å². The third-order valence-corrected chi connectivity index (χ3v) is 3.67. The number of halogens is 3. The molecule has 1 nitrogen and oxygen atoms in total. The predicted molar refractivity (Wildman–Crippen MR) is 54.2 cm³/mol. The molecule has 1 aliphatic rings. The van der Waals surface area contributed by atoms with Crippen LogP contribution < -0.4 is 0 Å². The first kappa shape index (κ1) is 12.7. The van der Waals surface area contributed by atoms with Crippen LogP contribution >= 0.6 is 11.8 Å². The Morgan fingerprint density at radius 1 is 1.53 bits per heavy atom. The summed E-state index contributed by atoms with van der Waals surface area (Å²) in [6, 6.07) is 2.21. The minimum atomic E-state index is -4.17. The van der Waals surface area contributed by atoms with Gasteiger partial charge >= 0.3 is 5.51 Å². The van der Waals surface area contributed by atoms with Crippen molar-refractivity contribution in [3.8, 4) is 6.07 Å². The summed E-state index contributed by atoms with van der Waals surface area (Å²) >= 11 is -0.0156. The highest BCUT2D eigenvalue weighted by Gasteiger charge is 2.38. The molecule has 0 N–H and O–H groups in total. The van der Waals surface area contributed by atoms with Crippen molar-refractivity contribution in [3.05, 3.63) is 0 Å². The first-order valence-corrected chi connectivity index (χ1v) is 5.97. The van der Waals surface area contributed by atoms with E-state index in [4.69, 9.17) is 5.26 Å². The van der Waals surface area contributed by atoms with Crippen molar-refractivity contribution in [2.24, 2.45) is 11.3 Å². The molecule has 0 amide bonds. The molecule has 2 atom stereocenters. The van der Waals surface area contributed by atoms with E-state index in [0.717, 1.165) is 19.3 Å². The number of nitriles is 1. The van der Waals surface area contributed by atoms with E-state index in [-0.39, 0.29) is 17.5 Å². The zero-order valence-electron chi connectivity index (χ0n) is 8.60. The topological polar surface area (TPSA) is 23.8 Å². The van der Waals surface area contributed by atoms with Crippen LogP contribution in [0.4, 0.5) is 13.2 Å². The smallest absolute Gasteiger partial charge is 0.198 e. The molecule has 0 saturated heterocycles. The minimum Gasteiger partial charge on any atom is -0.198 e. The molecule has 0 aliphatic heterocycles. The van der Waals surface area contributed by atoms with Gasteiger partial charge in [-0.1, -0.05) is 18.7 Å². The molecule has 0 radical (unpaired) electrons. The lowest BCUT2D eigenvalue weighted by Crippen LogP contribution is -2.16. The van der Waals surface area contributed by atoms with Crippen LogP contribution in [-0.2, 0) is 0 Å². The molecule has 1 aliphatic carbocycles. The number of alkyl halides is 3. The van der Waals surface area contributed by atoms with Gasteiger partial charge in [0, 0.05) is 5.75 Å². The number of thioether (sulfide) groups is 1. The fraction of sp³-hybridized carbons (Fsp3) is 0.900. The van der Waals surface area contributed by atoms with Crippen LogP contribution in [0.15, 0.2) is 0 Å². The van der Waals surface area contributed by atoms with Crippen molar-refractivity contribution in [1.29, 1.82) is 5.26 Å². The second kappa shape index (κ2) is 4.65. The molecule has 2 unspecified atom stereocenters. The fourth-order valence-electron chi connectivity index (χ4n) is 2.14. The normalized spacial score (nSPS) is 31.5. The summed E-state index contributed by atoms with van der Waals surface area (Å²) in [5.41, 5.74) is -4.65. The van der Waals surface area contributed by atoms with Gasteiger partial charge in [0.05, 0.1) is 11.5 Å². The zero-order valence-corrected chi connectivity index (χ0v) is 9.42. The van der Waals surface area contributed by atoms with E-state index < -0.39 is 10.9 Å². The molecule has 86 valence electrons. The molecule has 1 fully saturated rings. The Kier molecular flexibility index (Phi) is 3.93. The average molecular weight is 237 g/mol. The third kappa shape index (κ3) is 3.94. The Labute approximate surface area is 92.0 Å². The highest BCUT2D eigenvalue weighted by molar-refractivity contribution is 8.00. The first-order chi connectivity index (χ1) is 6.87. The van der Waals surface area contributed by atoms with Crippen molar-refractivity contribution < 1.29 is 13.2 Å². The van der Waals surface area contributed by atoms with E-state index >= 15 is 0 Å². The van der Waals surface area contributed by atoms with E-state index in [1.54, 1.807) is 0 Å². The monoisotopic (exact) mass is 237 g/mol. The number of nitrogens with zero attached hydrogens (tertiary/aromatic N) is 1. The van der Waals surface area contributed by atoms with Crippen molar-refractivity contribution in [2.75, 3.05) is 5.75 Å². The largest absolute Gasteiger partial charge is 0.441 e. The van der Waals surface area contributed by atoms with Crippen molar-refractivity contribution in [2.45, 2.75) is 38.1 Å². The highest BCUT2D eigenvalue weighted by Crippen LogP contribution is 2.45. The van der Waals surface area contributed by atoms with E-state index in [9.17, 15) is 13.2 Å². The maximum absolute atomic E-state index is 11.9. The van der Waals surface area contributed by atoms with Gasteiger partial charge in [-0.15, -0.1) is 0 Å². The third-order valence-electron chi connectivity index (χ3n) is 2.94. The van der Waals surface area contributed by atoms with Crippen LogP contribution in [0.1, 0.15) is 32.6 Å². The predicted octanol–water partition coefficient (Wildman–Crippen LogP) is 3.96. The molecule has 0 aromatic heterocycles. The molecule has 5 heteroatoms. The molecular weight excluding hydrogens is 223 g/mol. The van der Waals surface area contributed by atoms with Crippen LogP contribution in [-0.4, -0.2) is 11.3 Å². The molecule has 0 aromatic rings. The van der Waals surface area contributed by atoms with Gasteiger partial charge in [0.2, 0.25) is 0 Å². The van der Waals surface area contributed by atoms with Gasteiger partial charge in [0.25, 0.3) is 0 Å². The van der Waals surface area contributed by atoms with Gasteiger partial charge in [0.1, 0.15) is 0 Å². The lowest BCUT2D eigenvalue weighted by molar-refractivity contribution is -0.0328. The van der Waals surface area contributed by atoms with Crippen LogP contribution in [0.3, 0.4) is 0 Å². The van der Waals surface area contributed by atoms with Crippen LogP contribution in [0.2, 0.25) is 0 Å². The second-order valence-corrected chi connectivity index (χ2v) is 5.44. The molecule has 1 rings (SSSR count). The van der Waals surface area contributed by atoms with Crippen molar-refractivity contribution in [1.82, 2.24) is 0 Å². The molecule has 0 bridgehead atoms. The quantitative estimate of drug-likeness (QED) is 0.741. The second-order valence-electron chi connectivity index (χ2n) is 4.28. The lowest BCUT2D eigenvalue weighted by atomic mass is 9.84.